The van der Waals surface area contributed by atoms with Crippen molar-refractivity contribution in [1.82, 2.24) is 55.2 Å². The first kappa shape index (κ1) is 86.7. The van der Waals surface area contributed by atoms with Gasteiger partial charge >= 0.3 is 12.1 Å². The fourth-order valence-corrected chi connectivity index (χ4v) is 20.5. The lowest BCUT2D eigenvalue weighted by molar-refractivity contribution is -0.273. The number of aliphatic hydroxyl groups is 5. The molecule has 37 nitrogen and oxygen atoms in total. The highest BCUT2D eigenvalue weighted by Crippen LogP contribution is 2.72. The molecule has 14 rings (SSSR count). The summed E-state index contributed by atoms with van der Waals surface area (Å²) >= 11 is 1.38. The fourth-order valence-electron chi connectivity index (χ4n) is 18.7. The summed E-state index contributed by atoms with van der Waals surface area (Å²) in [5.74, 6) is -7.21. The number of carboxylic acid groups (broad SMARTS) is 1. The molecule has 2 unspecified atom stereocenters. The number of hydrogen-bond acceptors (Lipinski definition) is 27. The molecule has 638 valence electrons. The summed E-state index contributed by atoms with van der Waals surface area (Å²) in [5, 5.41) is 87.2. The lowest BCUT2D eigenvalue weighted by Gasteiger charge is -2.69. The smallest absolute Gasteiger partial charge is 0.410 e. The monoisotopic (exact) mass is 1700 g/mol. The van der Waals surface area contributed by atoms with Crippen molar-refractivity contribution in [3.63, 3.8) is 0 Å². The Bertz CT molecular complexity index is 5260. The van der Waals surface area contributed by atoms with Gasteiger partial charge in [0.05, 0.1) is 64.9 Å². The first-order valence-electron chi connectivity index (χ1n) is 39.0. The standard InChI is InChI=1S/C79H96N14O23S3/c1-44(2)63(85-60(94)31-56(93-61(95)20-21-62(93)96)55-35-91(88-87-55)23-9-28-118(108,109)110)71(102)81-45(3)69(100)82-50-16-14-48(47(30-50)15-18-57-65(97)66(98)67(99)68(116-57)73(105)106)36-114-75(107)89(26-29-119(111,112)113)25-27-115-79-40-76(4)37-77(5,41-79)39-78(38-76,42-79)43-92-33-49(32-80-92)51-17-19-59(84-64(51)72(103)104)90-24-22-46-10-8-11-52(53(46)34-90)70(101)86-74-83-54-12-6-7-13-58(54)117-74/h6-8,10-14,16-17,19-21,30,32-33,35,44-45,56-57,63,65-68,73,97-99,105-106H,9,15,18,22-29,31,34,36-43H2,1-5H3,(H,81,102)(H,82,100)(H,85,94)(H,103,104)(H,83,86,101)(H,108,109,110)(H,111,112,113)/t45-,56+,57-,63-,65-,66+,67-,68-,76?,77?,78?,79?/m0/s1. The number of hydrogen-bond donors (Lipinski definition) is 12. The van der Waals surface area contributed by atoms with Gasteiger partial charge in [-0.2, -0.15) is 21.9 Å². The van der Waals surface area contributed by atoms with E-state index in [1.54, 1.807) is 38.2 Å². The van der Waals surface area contributed by atoms with Gasteiger partial charge in [0.25, 0.3) is 38.0 Å². The van der Waals surface area contributed by atoms with Crippen LogP contribution in [-0.2, 0) is 97.5 Å². The quantitative estimate of drug-likeness (QED) is 0.0152. The minimum absolute atomic E-state index is 0.0319. The molecule has 4 aromatic heterocycles. The summed E-state index contributed by atoms with van der Waals surface area (Å²) in [6.45, 7) is 8.92. The number of carbonyl (C=O) groups is 8. The van der Waals surface area contributed by atoms with Crippen molar-refractivity contribution in [2.45, 2.75) is 192 Å². The van der Waals surface area contributed by atoms with Crippen LogP contribution in [0.25, 0.3) is 21.3 Å². The number of ether oxygens (including phenoxy) is 3. The number of carboxylic acids is 1. The van der Waals surface area contributed by atoms with E-state index in [1.807, 2.05) is 52.2 Å². The van der Waals surface area contributed by atoms with Crippen molar-refractivity contribution < 1.29 is 109 Å². The number of pyridine rings is 1. The van der Waals surface area contributed by atoms with Gasteiger partial charge in [0.15, 0.2) is 17.1 Å². The number of fused-ring (bicyclic) bond motifs is 2. The maximum absolute atomic E-state index is 14.4. The second-order valence-corrected chi connectivity index (χ2v) is 37.3. The molecular weight excluding hydrogens is 1610 g/mol. The molecule has 12 N–H and O–H groups in total. The molecule has 10 atom stereocenters. The number of rotatable bonds is 34. The number of amides is 7. The normalized spacial score (nSPS) is 24.2. The van der Waals surface area contributed by atoms with Crippen LogP contribution in [0.5, 0.6) is 0 Å². The van der Waals surface area contributed by atoms with Gasteiger partial charge in [0.2, 0.25) is 17.7 Å². The topological polar surface area (TPSA) is 527 Å². The fraction of sp³-hybridized carbons (Fsp3) is 0.506. The second-order valence-electron chi connectivity index (χ2n) is 33.1. The Labute approximate surface area is 688 Å². The number of thiazole rings is 1. The molecule has 4 bridgehead atoms. The summed E-state index contributed by atoms with van der Waals surface area (Å²) in [4.78, 5) is 122. The molecule has 7 heterocycles. The minimum atomic E-state index is -4.66. The second kappa shape index (κ2) is 34.9. The third-order valence-electron chi connectivity index (χ3n) is 23.0. The average molecular weight is 1710 g/mol. The third kappa shape index (κ3) is 20.3. The van der Waals surface area contributed by atoms with E-state index in [4.69, 9.17) is 24.3 Å². The number of benzene rings is 3. The number of para-hydroxylation sites is 1. The number of aromatic nitrogens is 7. The number of nitrogens with zero attached hydrogens (tertiary/aromatic N) is 10. The number of carbonyl (C=O) groups excluding carboxylic acids is 7. The lowest BCUT2D eigenvalue weighted by atomic mass is 9.39. The Morgan fingerprint density at radius 1 is 0.782 bits per heavy atom. The van der Waals surface area contributed by atoms with Crippen LogP contribution >= 0.6 is 11.3 Å². The molecule has 3 aliphatic heterocycles. The number of imide groups is 1. The van der Waals surface area contributed by atoms with Crippen LogP contribution in [-0.4, -0.2) is 241 Å². The van der Waals surface area contributed by atoms with E-state index < -0.39 is 159 Å². The van der Waals surface area contributed by atoms with E-state index in [-0.39, 0.29) is 83.7 Å². The first-order valence-corrected chi connectivity index (χ1v) is 43.1. The highest BCUT2D eigenvalue weighted by atomic mass is 32.2. The number of aliphatic hydroxyl groups excluding tert-OH is 4. The third-order valence-corrected chi connectivity index (χ3v) is 25.4. The molecule has 0 spiro atoms. The van der Waals surface area contributed by atoms with E-state index >= 15 is 0 Å². The Hall–Kier alpha value is -10.1. The maximum Gasteiger partial charge on any atom is 0.410 e. The molecule has 5 fully saturated rings. The molecular formula is C79H96N14O23S3. The van der Waals surface area contributed by atoms with Crippen molar-refractivity contribution in [1.29, 1.82) is 0 Å². The van der Waals surface area contributed by atoms with Crippen LogP contribution in [0, 0.1) is 22.2 Å². The van der Waals surface area contributed by atoms with Crippen molar-refractivity contribution in [2.24, 2.45) is 22.2 Å². The Balaban J connectivity index is 0.663. The average Bonchev–Trinajstić information content (AvgIpc) is 1.69. The summed E-state index contributed by atoms with van der Waals surface area (Å²) in [6.07, 6.45) is -1.10. The lowest BCUT2D eigenvalue weighted by Crippen LogP contribution is -2.64. The number of aryl methyl sites for hydroxylation is 2. The molecule has 4 aliphatic carbocycles. The summed E-state index contributed by atoms with van der Waals surface area (Å²) in [5.41, 5.74) is 2.97. The predicted molar refractivity (Wildman–Crippen MR) is 426 cm³/mol. The molecule has 7 aliphatic rings. The Morgan fingerprint density at radius 2 is 1.51 bits per heavy atom. The van der Waals surface area contributed by atoms with E-state index in [1.165, 1.54) is 47.3 Å². The number of aromatic carboxylic acids is 1. The summed E-state index contributed by atoms with van der Waals surface area (Å²) < 4.78 is 89.0. The molecule has 40 heteroatoms. The van der Waals surface area contributed by atoms with Gasteiger partial charge in [-0.15, -0.1) is 5.10 Å². The number of nitrogens with one attached hydrogen (secondary N) is 4. The zero-order valence-corrected chi connectivity index (χ0v) is 68.3. The van der Waals surface area contributed by atoms with E-state index in [0.29, 0.717) is 78.5 Å². The van der Waals surface area contributed by atoms with Crippen molar-refractivity contribution in [3.8, 4) is 11.1 Å². The summed E-state index contributed by atoms with van der Waals surface area (Å²) in [7, 11) is -8.96. The van der Waals surface area contributed by atoms with Gasteiger partial charge < -0.3 is 70.6 Å². The van der Waals surface area contributed by atoms with E-state index in [0.717, 1.165) is 62.6 Å². The van der Waals surface area contributed by atoms with Crippen molar-refractivity contribution in [2.75, 3.05) is 53.3 Å². The highest BCUT2D eigenvalue weighted by Gasteiger charge is 2.66. The first-order chi connectivity index (χ1) is 56.2. The van der Waals surface area contributed by atoms with Gasteiger partial charge in [0.1, 0.15) is 54.6 Å². The number of anilines is 3. The van der Waals surface area contributed by atoms with Crippen LogP contribution in [0.15, 0.2) is 104 Å². The summed E-state index contributed by atoms with van der Waals surface area (Å²) in [6, 6.07) is 17.1. The van der Waals surface area contributed by atoms with Crippen LogP contribution in [0.3, 0.4) is 0 Å². The van der Waals surface area contributed by atoms with E-state index in [2.05, 4.69) is 50.4 Å². The van der Waals surface area contributed by atoms with Crippen LogP contribution < -0.4 is 26.2 Å². The zero-order valence-electron chi connectivity index (χ0n) is 65.8. The van der Waals surface area contributed by atoms with Gasteiger partial charge in [-0.3, -0.25) is 57.5 Å². The molecule has 0 radical (unpaired) electrons. The Morgan fingerprint density at radius 3 is 2.21 bits per heavy atom. The van der Waals surface area contributed by atoms with Crippen LogP contribution in [0.2, 0.25) is 0 Å². The van der Waals surface area contributed by atoms with Crippen molar-refractivity contribution in [3.05, 3.63) is 143 Å². The molecule has 7 aromatic rings. The largest absolute Gasteiger partial charge is 0.476 e. The van der Waals surface area contributed by atoms with E-state index in [9.17, 15) is 94.9 Å². The molecule has 7 amide bonds. The molecule has 3 aromatic carbocycles. The molecule has 1 saturated heterocycles. The highest BCUT2D eigenvalue weighted by molar-refractivity contribution is 7.86. The van der Waals surface area contributed by atoms with Crippen molar-refractivity contribution >= 4 is 106 Å². The minimum Gasteiger partial charge on any atom is -0.476 e. The molecule has 4 saturated carbocycles. The van der Waals surface area contributed by atoms with Crippen LogP contribution in [0.4, 0.5) is 21.4 Å². The predicted octanol–water partition coefficient (Wildman–Crippen LogP) is 4.33. The maximum atomic E-state index is 14.4. The van der Waals surface area contributed by atoms with Gasteiger partial charge in [-0.25, -0.2) is 19.6 Å². The zero-order chi connectivity index (χ0) is 85.4. The van der Waals surface area contributed by atoms with Gasteiger partial charge in [-0.05, 0) is 158 Å². The van der Waals surface area contributed by atoms with Crippen LogP contribution in [0.1, 0.15) is 147 Å². The van der Waals surface area contributed by atoms with Gasteiger partial charge in [0, 0.05) is 80.0 Å². The Kier molecular flexibility index (Phi) is 25.4. The molecule has 119 heavy (non-hydrogen) atoms. The SMILES string of the molecule is CC(C)[C@H](NC(=O)C[C@H](c1cn(CCCS(=O)(=O)O)nn1)N1C(=O)C=CC1=O)C(=O)N[C@@H](C)C(=O)Nc1ccc(COC(=O)N(CCOC23CC4(C)CC(C)(CC(Cn5cc(-c6ccc(N7CCc8cccc(C(=O)Nc9nc%10ccccc%10s9)c8C7)nc6C(=O)O)cn5)(C4)C2)C3)CCS(=O)(=O)O)c(CC[C@@H]2O[C@H](C(O)O)[C@@H](O)[C@H](O)[C@H]2O)c1. The van der Waals surface area contributed by atoms with Gasteiger partial charge in [-0.1, -0.05) is 74.6 Å².